The van der Waals surface area contributed by atoms with Gasteiger partial charge in [-0.3, -0.25) is 5.41 Å². The highest BCUT2D eigenvalue weighted by Crippen LogP contribution is 2.24. The summed E-state index contributed by atoms with van der Waals surface area (Å²) in [5.74, 6) is 0.954. The molecular formula is C13H16ClN5. The zero-order valence-corrected chi connectivity index (χ0v) is 11.6. The van der Waals surface area contributed by atoms with Gasteiger partial charge in [0.2, 0.25) is 0 Å². The third-order valence-corrected chi connectivity index (χ3v) is 3.20. The second-order valence-electron chi connectivity index (χ2n) is 4.39. The van der Waals surface area contributed by atoms with Crippen LogP contribution in [0.1, 0.15) is 11.4 Å². The summed E-state index contributed by atoms with van der Waals surface area (Å²) in [4.78, 5) is 6.26. The van der Waals surface area contributed by atoms with Gasteiger partial charge >= 0.3 is 0 Å². The van der Waals surface area contributed by atoms with Crippen molar-refractivity contribution in [2.24, 2.45) is 12.8 Å². The molecule has 1 aromatic heterocycles. The first-order valence-corrected chi connectivity index (χ1v) is 6.18. The molecule has 2 rings (SSSR count). The van der Waals surface area contributed by atoms with Gasteiger partial charge in [0.1, 0.15) is 11.7 Å². The van der Waals surface area contributed by atoms with E-state index in [1.807, 2.05) is 29.8 Å². The normalized spacial score (nSPS) is 10.5. The molecule has 2 aromatic rings. The number of nitrogens with two attached hydrogens (primary N) is 1. The Morgan fingerprint density at radius 3 is 2.84 bits per heavy atom. The lowest BCUT2D eigenvalue weighted by atomic mass is 10.1. The Labute approximate surface area is 117 Å². The zero-order valence-electron chi connectivity index (χ0n) is 10.9. The highest BCUT2D eigenvalue weighted by molar-refractivity contribution is 6.31. The third kappa shape index (κ3) is 2.88. The average molecular weight is 278 g/mol. The lowest BCUT2D eigenvalue weighted by molar-refractivity contribution is 0.761. The number of hydrogen-bond donors (Lipinski definition) is 2. The number of nitrogens with zero attached hydrogens (tertiary/aromatic N) is 3. The van der Waals surface area contributed by atoms with E-state index >= 15 is 0 Å². The second kappa shape index (κ2) is 5.32. The van der Waals surface area contributed by atoms with Crippen LogP contribution in [0.5, 0.6) is 0 Å². The Hall–Kier alpha value is -2.01. The van der Waals surface area contributed by atoms with Crippen LogP contribution in [0.3, 0.4) is 0 Å². The summed E-state index contributed by atoms with van der Waals surface area (Å²) in [5.41, 5.74) is 7.09. The lowest BCUT2D eigenvalue weighted by Gasteiger charge is -2.22. The Morgan fingerprint density at radius 1 is 1.53 bits per heavy atom. The number of rotatable bonds is 4. The number of aromatic nitrogens is 2. The van der Waals surface area contributed by atoms with Crippen LogP contribution in [0.25, 0.3) is 0 Å². The number of aryl methyl sites for hydroxylation is 1. The summed E-state index contributed by atoms with van der Waals surface area (Å²) in [6.45, 7) is 0.615. The van der Waals surface area contributed by atoms with Crippen molar-refractivity contribution in [2.45, 2.75) is 6.54 Å². The maximum atomic E-state index is 7.62. The van der Waals surface area contributed by atoms with Crippen LogP contribution in [0, 0.1) is 5.41 Å². The molecule has 0 unspecified atom stereocenters. The molecule has 0 saturated carbocycles. The van der Waals surface area contributed by atoms with Crippen molar-refractivity contribution in [3.05, 3.63) is 47.0 Å². The number of nitrogens with one attached hydrogen (secondary N) is 1. The molecule has 0 bridgehead atoms. The van der Waals surface area contributed by atoms with Crippen molar-refractivity contribution in [1.82, 2.24) is 9.55 Å². The topological polar surface area (TPSA) is 70.9 Å². The van der Waals surface area contributed by atoms with E-state index in [1.54, 1.807) is 24.4 Å². The van der Waals surface area contributed by atoms with Crippen molar-refractivity contribution in [2.75, 3.05) is 11.9 Å². The standard InChI is InChI=1S/C13H16ClN5/c1-18-6-5-17-12(18)8-19(2)11-7-9(14)3-4-10(11)13(15)16/h3-7H,8H2,1-2H3,(H3,15,16). The monoisotopic (exact) mass is 277 g/mol. The molecule has 0 spiro atoms. The summed E-state index contributed by atoms with van der Waals surface area (Å²) in [7, 11) is 3.87. The molecule has 19 heavy (non-hydrogen) atoms. The SMILES string of the molecule is CN(Cc1nccn1C)c1cc(Cl)ccc1C(=N)N. The molecule has 6 heteroatoms. The molecule has 1 heterocycles. The molecule has 1 aromatic carbocycles. The predicted molar refractivity (Wildman–Crippen MR) is 77.8 cm³/mol. The maximum Gasteiger partial charge on any atom is 0.127 e. The molecular weight excluding hydrogens is 262 g/mol. The first-order chi connectivity index (χ1) is 8.99. The van der Waals surface area contributed by atoms with Gasteiger partial charge in [-0.15, -0.1) is 0 Å². The van der Waals surface area contributed by atoms with Crippen LogP contribution in [-0.4, -0.2) is 22.4 Å². The minimum Gasteiger partial charge on any atom is -0.384 e. The minimum absolute atomic E-state index is 0.0263. The minimum atomic E-state index is 0.0263. The molecule has 0 aliphatic heterocycles. The van der Waals surface area contributed by atoms with Crippen molar-refractivity contribution in [3.63, 3.8) is 0 Å². The van der Waals surface area contributed by atoms with Crippen molar-refractivity contribution in [3.8, 4) is 0 Å². The number of benzene rings is 1. The van der Waals surface area contributed by atoms with Gasteiger partial charge in [0.05, 0.1) is 6.54 Å². The molecule has 0 atom stereocenters. The lowest BCUT2D eigenvalue weighted by Crippen LogP contribution is -2.23. The summed E-state index contributed by atoms with van der Waals surface area (Å²) in [6.07, 6.45) is 3.65. The van der Waals surface area contributed by atoms with Crippen molar-refractivity contribution >= 4 is 23.1 Å². The highest BCUT2D eigenvalue weighted by Gasteiger charge is 2.12. The number of hydrogen-bond acceptors (Lipinski definition) is 3. The second-order valence-corrected chi connectivity index (χ2v) is 4.82. The molecule has 0 aliphatic rings. The first kappa shape index (κ1) is 13.4. The van der Waals surface area contributed by atoms with Crippen LogP contribution in [0.4, 0.5) is 5.69 Å². The Kier molecular flexibility index (Phi) is 3.76. The predicted octanol–water partition coefficient (Wildman–Crippen LogP) is 1.99. The van der Waals surface area contributed by atoms with Gasteiger partial charge in [-0.05, 0) is 18.2 Å². The number of nitrogen functional groups attached to an aromatic ring is 1. The fraction of sp³-hybridized carbons (Fsp3) is 0.231. The third-order valence-electron chi connectivity index (χ3n) is 2.96. The highest BCUT2D eigenvalue weighted by atomic mass is 35.5. The van der Waals surface area contributed by atoms with Crippen LogP contribution in [-0.2, 0) is 13.6 Å². The molecule has 0 aliphatic carbocycles. The van der Waals surface area contributed by atoms with Gasteiger partial charge < -0.3 is 15.2 Å². The molecule has 100 valence electrons. The van der Waals surface area contributed by atoms with Gasteiger partial charge in [-0.1, -0.05) is 11.6 Å². The summed E-state index contributed by atoms with van der Waals surface area (Å²) < 4.78 is 1.95. The number of halogens is 1. The van der Waals surface area contributed by atoms with Crippen LogP contribution < -0.4 is 10.6 Å². The smallest absolute Gasteiger partial charge is 0.127 e. The number of amidine groups is 1. The van der Waals surface area contributed by atoms with Crippen molar-refractivity contribution < 1.29 is 0 Å². The van der Waals surface area contributed by atoms with E-state index in [2.05, 4.69) is 4.98 Å². The van der Waals surface area contributed by atoms with Crippen LogP contribution in [0.15, 0.2) is 30.6 Å². The molecule has 0 radical (unpaired) electrons. The molecule has 0 saturated heterocycles. The fourth-order valence-corrected chi connectivity index (χ4v) is 2.06. The van der Waals surface area contributed by atoms with Gasteiger partial charge in [0, 0.05) is 42.8 Å². The first-order valence-electron chi connectivity index (χ1n) is 5.80. The maximum absolute atomic E-state index is 7.62. The Balaban J connectivity index is 2.32. The van der Waals surface area contributed by atoms with E-state index < -0.39 is 0 Å². The van der Waals surface area contributed by atoms with E-state index in [4.69, 9.17) is 22.7 Å². The molecule has 3 N–H and O–H groups in total. The number of anilines is 1. The summed E-state index contributed by atoms with van der Waals surface area (Å²) >= 11 is 6.02. The fourth-order valence-electron chi connectivity index (χ4n) is 1.89. The average Bonchev–Trinajstić information content (AvgIpc) is 2.74. The van der Waals surface area contributed by atoms with Gasteiger partial charge in [-0.25, -0.2) is 4.98 Å². The van der Waals surface area contributed by atoms with E-state index in [9.17, 15) is 0 Å². The zero-order chi connectivity index (χ0) is 14.0. The summed E-state index contributed by atoms with van der Waals surface area (Å²) in [5, 5.41) is 8.24. The van der Waals surface area contributed by atoms with Gasteiger partial charge in [0.25, 0.3) is 0 Å². The molecule has 5 nitrogen and oxygen atoms in total. The largest absolute Gasteiger partial charge is 0.384 e. The van der Waals surface area contributed by atoms with E-state index in [0.29, 0.717) is 17.1 Å². The summed E-state index contributed by atoms with van der Waals surface area (Å²) in [6, 6.07) is 5.30. The molecule has 0 amide bonds. The van der Waals surface area contributed by atoms with E-state index in [0.717, 1.165) is 11.5 Å². The van der Waals surface area contributed by atoms with Gasteiger partial charge in [-0.2, -0.15) is 0 Å². The quantitative estimate of drug-likeness (QED) is 0.663. The number of imidazole rings is 1. The van der Waals surface area contributed by atoms with E-state index in [1.165, 1.54) is 0 Å². The Bertz CT molecular complexity index is 605. The van der Waals surface area contributed by atoms with E-state index in [-0.39, 0.29) is 5.84 Å². The van der Waals surface area contributed by atoms with Gasteiger partial charge in [0.15, 0.2) is 0 Å². The van der Waals surface area contributed by atoms with Crippen LogP contribution >= 0.6 is 11.6 Å². The van der Waals surface area contributed by atoms with Crippen LogP contribution in [0.2, 0.25) is 5.02 Å². The molecule has 0 fully saturated rings. The Morgan fingerprint density at radius 2 is 2.26 bits per heavy atom. The van der Waals surface area contributed by atoms with Crippen molar-refractivity contribution in [1.29, 1.82) is 5.41 Å².